The Hall–Kier alpha value is -1.24. The molecule has 4 nitrogen and oxygen atoms in total. The SMILES string of the molecule is CC(C)(C)c1ccc(O)c(NS(=O)(=O)c2ccc(Cl)s2)c1. The Labute approximate surface area is 133 Å². The predicted octanol–water partition coefficient (Wildman–Crippen LogP) is 4.21. The number of hydrogen-bond donors (Lipinski definition) is 2. The van der Waals surface area contributed by atoms with Gasteiger partial charge in [-0.05, 0) is 35.2 Å². The Morgan fingerprint density at radius 3 is 2.38 bits per heavy atom. The van der Waals surface area contributed by atoms with Gasteiger partial charge in [0.2, 0.25) is 0 Å². The molecule has 21 heavy (non-hydrogen) atoms. The molecule has 0 aliphatic heterocycles. The van der Waals surface area contributed by atoms with E-state index in [0.29, 0.717) is 4.34 Å². The van der Waals surface area contributed by atoms with Crippen molar-refractivity contribution in [3.05, 3.63) is 40.2 Å². The van der Waals surface area contributed by atoms with Gasteiger partial charge < -0.3 is 5.11 Å². The molecular weight excluding hydrogens is 330 g/mol. The van der Waals surface area contributed by atoms with Crippen LogP contribution in [0.1, 0.15) is 26.3 Å². The van der Waals surface area contributed by atoms with Gasteiger partial charge in [0.15, 0.2) is 0 Å². The van der Waals surface area contributed by atoms with Gasteiger partial charge >= 0.3 is 0 Å². The number of aromatic hydroxyl groups is 1. The van der Waals surface area contributed by atoms with Crippen molar-refractivity contribution in [2.24, 2.45) is 0 Å². The number of nitrogens with one attached hydrogen (secondary N) is 1. The van der Waals surface area contributed by atoms with Gasteiger partial charge in [0.25, 0.3) is 10.0 Å². The van der Waals surface area contributed by atoms with E-state index >= 15 is 0 Å². The van der Waals surface area contributed by atoms with E-state index in [-0.39, 0.29) is 21.1 Å². The summed E-state index contributed by atoms with van der Waals surface area (Å²) in [6.07, 6.45) is 0. The predicted molar refractivity (Wildman–Crippen MR) is 86.9 cm³/mol. The largest absolute Gasteiger partial charge is 0.506 e. The van der Waals surface area contributed by atoms with E-state index < -0.39 is 10.0 Å². The van der Waals surface area contributed by atoms with Gasteiger partial charge in [-0.3, -0.25) is 4.72 Å². The van der Waals surface area contributed by atoms with Crippen molar-refractivity contribution in [1.82, 2.24) is 0 Å². The second kappa shape index (κ2) is 5.51. The summed E-state index contributed by atoms with van der Waals surface area (Å²) < 4.78 is 27.4. The molecule has 0 bridgehead atoms. The summed E-state index contributed by atoms with van der Waals surface area (Å²) in [6.45, 7) is 6.03. The maximum Gasteiger partial charge on any atom is 0.271 e. The first-order valence-corrected chi connectivity index (χ1v) is 8.89. The minimum atomic E-state index is -3.75. The molecule has 2 rings (SSSR count). The highest BCUT2D eigenvalue weighted by Gasteiger charge is 2.21. The Morgan fingerprint density at radius 1 is 1.19 bits per heavy atom. The van der Waals surface area contributed by atoms with Crippen molar-refractivity contribution in [2.75, 3.05) is 4.72 Å². The molecule has 2 N–H and O–H groups in total. The van der Waals surface area contributed by atoms with Crippen LogP contribution in [0.2, 0.25) is 4.34 Å². The zero-order valence-corrected chi connectivity index (χ0v) is 14.2. The van der Waals surface area contributed by atoms with Crippen LogP contribution in [0.3, 0.4) is 0 Å². The fourth-order valence-corrected chi connectivity index (χ4v) is 4.27. The highest BCUT2D eigenvalue weighted by molar-refractivity contribution is 7.94. The number of rotatable bonds is 3. The van der Waals surface area contributed by atoms with E-state index in [1.54, 1.807) is 12.1 Å². The fourth-order valence-electron chi connectivity index (χ4n) is 1.72. The molecule has 0 spiro atoms. The Bertz CT molecular complexity index is 761. The Kier molecular flexibility index (Phi) is 4.24. The summed E-state index contributed by atoms with van der Waals surface area (Å²) in [6, 6.07) is 7.85. The number of hydrogen-bond acceptors (Lipinski definition) is 4. The number of benzene rings is 1. The molecule has 0 aliphatic rings. The van der Waals surface area contributed by atoms with Gasteiger partial charge in [-0.2, -0.15) is 0 Å². The van der Waals surface area contributed by atoms with Crippen LogP contribution in [0.25, 0.3) is 0 Å². The van der Waals surface area contributed by atoms with Crippen LogP contribution in [0, 0.1) is 0 Å². The van der Waals surface area contributed by atoms with E-state index in [1.165, 1.54) is 18.2 Å². The molecule has 0 radical (unpaired) electrons. The minimum absolute atomic E-state index is 0.105. The van der Waals surface area contributed by atoms with Gasteiger partial charge in [-0.1, -0.05) is 38.4 Å². The van der Waals surface area contributed by atoms with Gasteiger partial charge in [0.05, 0.1) is 10.0 Å². The van der Waals surface area contributed by atoms with Crippen LogP contribution < -0.4 is 4.72 Å². The minimum Gasteiger partial charge on any atom is -0.506 e. The third-order valence-electron chi connectivity index (χ3n) is 2.92. The highest BCUT2D eigenvalue weighted by atomic mass is 35.5. The normalized spacial score (nSPS) is 12.4. The molecule has 0 aliphatic carbocycles. The lowest BCUT2D eigenvalue weighted by Crippen LogP contribution is -2.14. The summed E-state index contributed by atoms with van der Waals surface area (Å²) in [5.41, 5.74) is 0.925. The van der Waals surface area contributed by atoms with Crippen LogP contribution in [-0.4, -0.2) is 13.5 Å². The van der Waals surface area contributed by atoms with E-state index in [1.807, 2.05) is 20.8 Å². The van der Waals surface area contributed by atoms with E-state index in [4.69, 9.17) is 11.6 Å². The average Bonchev–Trinajstić information content (AvgIpc) is 2.78. The molecule has 0 saturated heterocycles. The monoisotopic (exact) mass is 345 g/mol. The fraction of sp³-hybridized carbons (Fsp3) is 0.286. The third-order valence-corrected chi connectivity index (χ3v) is 6.01. The number of halogens is 1. The van der Waals surface area contributed by atoms with E-state index in [9.17, 15) is 13.5 Å². The van der Waals surface area contributed by atoms with Crippen molar-refractivity contribution in [3.63, 3.8) is 0 Å². The number of phenolic OH excluding ortho intramolecular Hbond substituents is 1. The van der Waals surface area contributed by atoms with Crippen LogP contribution in [-0.2, 0) is 15.4 Å². The van der Waals surface area contributed by atoms with Gasteiger partial charge in [0.1, 0.15) is 9.96 Å². The van der Waals surface area contributed by atoms with Crippen LogP contribution in [0.15, 0.2) is 34.5 Å². The number of thiophene rings is 1. The summed E-state index contributed by atoms with van der Waals surface area (Å²) in [7, 11) is -3.75. The van der Waals surface area contributed by atoms with Gasteiger partial charge in [0, 0.05) is 0 Å². The highest BCUT2D eigenvalue weighted by Crippen LogP contribution is 2.33. The van der Waals surface area contributed by atoms with Gasteiger partial charge in [-0.25, -0.2) is 8.42 Å². The molecule has 7 heteroatoms. The molecule has 0 atom stereocenters. The second-order valence-electron chi connectivity index (χ2n) is 5.65. The first-order chi connectivity index (χ1) is 9.59. The second-order valence-corrected chi connectivity index (χ2v) is 9.27. The van der Waals surface area contributed by atoms with Crippen molar-refractivity contribution in [3.8, 4) is 5.75 Å². The molecule has 2 aromatic rings. The lowest BCUT2D eigenvalue weighted by Gasteiger charge is -2.20. The molecule has 1 aromatic heterocycles. The maximum atomic E-state index is 12.3. The van der Waals surface area contributed by atoms with Crippen LogP contribution >= 0.6 is 22.9 Å². The standard InChI is InChI=1S/C14H16ClNO3S2/c1-14(2,3)9-4-5-11(17)10(8-9)16-21(18,19)13-7-6-12(15)20-13/h4-8,16-17H,1-3H3. The van der Waals surface area contributed by atoms with E-state index in [0.717, 1.165) is 16.9 Å². The maximum absolute atomic E-state index is 12.3. The third kappa shape index (κ3) is 3.70. The molecule has 0 unspecified atom stereocenters. The van der Waals surface area contributed by atoms with Crippen molar-refractivity contribution < 1.29 is 13.5 Å². The van der Waals surface area contributed by atoms with Crippen molar-refractivity contribution in [2.45, 2.75) is 30.4 Å². The molecule has 1 heterocycles. The summed E-state index contributed by atoms with van der Waals surface area (Å²) >= 11 is 6.73. The Morgan fingerprint density at radius 2 is 1.86 bits per heavy atom. The number of phenols is 1. The zero-order valence-electron chi connectivity index (χ0n) is 11.8. The molecule has 0 fully saturated rings. The lowest BCUT2D eigenvalue weighted by molar-refractivity contribution is 0.476. The first kappa shape index (κ1) is 16.1. The smallest absolute Gasteiger partial charge is 0.271 e. The van der Waals surface area contributed by atoms with Crippen molar-refractivity contribution >= 4 is 38.6 Å². The van der Waals surface area contributed by atoms with Gasteiger partial charge in [-0.15, -0.1) is 11.3 Å². The summed E-state index contributed by atoms with van der Waals surface area (Å²) in [5, 5.41) is 9.87. The summed E-state index contributed by atoms with van der Waals surface area (Å²) in [4.78, 5) is 0. The average molecular weight is 346 g/mol. The molecule has 0 amide bonds. The van der Waals surface area contributed by atoms with Crippen molar-refractivity contribution in [1.29, 1.82) is 0 Å². The molecule has 0 saturated carbocycles. The van der Waals surface area contributed by atoms with E-state index in [2.05, 4.69) is 4.72 Å². The van der Waals surface area contributed by atoms with Crippen LogP contribution in [0.4, 0.5) is 5.69 Å². The Balaban J connectivity index is 2.39. The topological polar surface area (TPSA) is 66.4 Å². The van der Waals surface area contributed by atoms with Crippen LogP contribution in [0.5, 0.6) is 5.75 Å². The zero-order chi connectivity index (χ0) is 15.8. The number of anilines is 1. The molecular formula is C14H16ClNO3S2. The number of sulfonamides is 1. The lowest BCUT2D eigenvalue weighted by atomic mass is 9.87. The molecule has 114 valence electrons. The summed E-state index contributed by atoms with van der Waals surface area (Å²) in [5.74, 6) is -0.116. The quantitative estimate of drug-likeness (QED) is 0.819. The molecule has 1 aromatic carbocycles. The first-order valence-electron chi connectivity index (χ1n) is 6.21.